The van der Waals surface area contributed by atoms with Crippen molar-refractivity contribution in [2.45, 2.75) is 31.7 Å². The largest absolute Gasteiger partial charge is 0.497 e. The van der Waals surface area contributed by atoms with E-state index in [0.29, 0.717) is 24.1 Å². The van der Waals surface area contributed by atoms with Gasteiger partial charge in [0.25, 0.3) is 0 Å². The lowest BCUT2D eigenvalue weighted by Crippen LogP contribution is -2.36. The van der Waals surface area contributed by atoms with E-state index in [1.165, 1.54) is 25.7 Å². The Hall–Kier alpha value is -2.53. The van der Waals surface area contributed by atoms with Crippen molar-refractivity contribution in [3.63, 3.8) is 0 Å². The first-order chi connectivity index (χ1) is 12.6. The summed E-state index contributed by atoms with van der Waals surface area (Å²) in [5.74, 6) is 2.18. The number of nitrogens with one attached hydrogen (secondary N) is 1. The monoisotopic (exact) mass is 354 g/mol. The third kappa shape index (κ3) is 4.99. The topological polar surface area (TPSA) is 50.8 Å². The Morgan fingerprint density at radius 1 is 1.08 bits per heavy atom. The standard InChI is InChI=1S/C21H26N2O3/c1-23(17-6-3-4-7-17)15-21(24)22-16-10-12-18(13-11-16)26-20-9-5-8-19(14-20)25-2/h5,8-14,17H,3-4,6-7,15H2,1-2H3,(H,22,24). The molecule has 1 saturated carbocycles. The molecule has 1 aliphatic carbocycles. The first kappa shape index (κ1) is 18.3. The number of hydrogen-bond acceptors (Lipinski definition) is 4. The van der Waals surface area contributed by atoms with Crippen molar-refractivity contribution in [2.75, 3.05) is 26.0 Å². The van der Waals surface area contributed by atoms with Gasteiger partial charge in [-0.1, -0.05) is 18.9 Å². The fraction of sp³-hybridized carbons (Fsp3) is 0.381. The maximum Gasteiger partial charge on any atom is 0.238 e. The molecular weight excluding hydrogens is 328 g/mol. The molecule has 0 aromatic heterocycles. The molecule has 3 rings (SSSR count). The summed E-state index contributed by atoms with van der Waals surface area (Å²) in [5, 5.41) is 2.95. The number of carbonyl (C=O) groups excluding carboxylic acids is 1. The first-order valence-electron chi connectivity index (χ1n) is 9.06. The van der Waals surface area contributed by atoms with Gasteiger partial charge in [-0.25, -0.2) is 0 Å². The lowest BCUT2D eigenvalue weighted by molar-refractivity contribution is -0.117. The van der Waals surface area contributed by atoms with Crippen LogP contribution in [0.15, 0.2) is 48.5 Å². The van der Waals surface area contributed by atoms with E-state index in [4.69, 9.17) is 9.47 Å². The van der Waals surface area contributed by atoms with E-state index in [1.54, 1.807) is 7.11 Å². The van der Waals surface area contributed by atoms with Crippen LogP contribution in [0.1, 0.15) is 25.7 Å². The predicted molar refractivity (Wildman–Crippen MR) is 103 cm³/mol. The van der Waals surface area contributed by atoms with E-state index in [2.05, 4.69) is 10.2 Å². The molecule has 0 unspecified atom stereocenters. The summed E-state index contributed by atoms with van der Waals surface area (Å²) < 4.78 is 11.0. The third-order valence-corrected chi connectivity index (χ3v) is 4.76. The molecule has 1 amide bonds. The molecule has 5 nitrogen and oxygen atoms in total. The highest BCUT2D eigenvalue weighted by Crippen LogP contribution is 2.26. The molecule has 0 saturated heterocycles. The number of hydrogen-bond donors (Lipinski definition) is 1. The zero-order valence-electron chi connectivity index (χ0n) is 15.4. The molecule has 0 heterocycles. The Morgan fingerprint density at radius 2 is 1.77 bits per heavy atom. The molecule has 0 atom stereocenters. The lowest BCUT2D eigenvalue weighted by Gasteiger charge is -2.23. The van der Waals surface area contributed by atoms with Crippen molar-refractivity contribution in [3.8, 4) is 17.2 Å². The number of amides is 1. The van der Waals surface area contributed by atoms with Crippen LogP contribution in [-0.4, -0.2) is 37.6 Å². The Labute approximate surface area is 154 Å². The first-order valence-corrected chi connectivity index (χ1v) is 9.06. The molecule has 2 aromatic carbocycles. The van der Waals surface area contributed by atoms with Gasteiger partial charge in [0.2, 0.25) is 5.91 Å². The minimum atomic E-state index is 0.0147. The minimum Gasteiger partial charge on any atom is -0.497 e. The quantitative estimate of drug-likeness (QED) is 0.805. The van der Waals surface area contributed by atoms with Crippen LogP contribution in [0.5, 0.6) is 17.2 Å². The van der Waals surface area contributed by atoms with Crippen LogP contribution in [0.25, 0.3) is 0 Å². The van der Waals surface area contributed by atoms with Gasteiger partial charge in [0, 0.05) is 17.8 Å². The molecule has 1 N–H and O–H groups in total. The van der Waals surface area contributed by atoms with Gasteiger partial charge in [-0.2, -0.15) is 0 Å². The second kappa shape index (κ2) is 8.72. The summed E-state index contributed by atoms with van der Waals surface area (Å²) in [4.78, 5) is 14.4. The molecule has 1 aliphatic rings. The highest BCUT2D eigenvalue weighted by molar-refractivity contribution is 5.92. The van der Waals surface area contributed by atoms with Crippen molar-refractivity contribution in [3.05, 3.63) is 48.5 Å². The van der Waals surface area contributed by atoms with Crippen LogP contribution in [0.2, 0.25) is 0 Å². The van der Waals surface area contributed by atoms with Gasteiger partial charge in [0.1, 0.15) is 17.2 Å². The van der Waals surface area contributed by atoms with Gasteiger partial charge >= 0.3 is 0 Å². The van der Waals surface area contributed by atoms with Gasteiger partial charge < -0.3 is 14.8 Å². The summed E-state index contributed by atoms with van der Waals surface area (Å²) in [6.07, 6.45) is 4.93. The van der Waals surface area contributed by atoms with Crippen LogP contribution in [-0.2, 0) is 4.79 Å². The highest BCUT2D eigenvalue weighted by atomic mass is 16.5. The summed E-state index contributed by atoms with van der Waals surface area (Å²) in [6.45, 7) is 0.423. The molecular formula is C21H26N2O3. The van der Waals surface area contributed by atoms with E-state index in [-0.39, 0.29) is 5.91 Å². The number of rotatable bonds is 7. The predicted octanol–water partition coefficient (Wildman–Crippen LogP) is 4.30. The van der Waals surface area contributed by atoms with E-state index in [9.17, 15) is 4.79 Å². The molecule has 0 radical (unpaired) electrons. The zero-order valence-corrected chi connectivity index (χ0v) is 15.4. The average Bonchev–Trinajstić information content (AvgIpc) is 3.18. The van der Waals surface area contributed by atoms with Gasteiger partial charge in [0.15, 0.2) is 0 Å². The second-order valence-corrected chi connectivity index (χ2v) is 6.71. The Kier molecular flexibility index (Phi) is 6.12. The lowest BCUT2D eigenvalue weighted by atomic mass is 10.2. The van der Waals surface area contributed by atoms with Crippen molar-refractivity contribution >= 4 is 11.6 Å². The molecule has 0 bridgehead atoms. The number of methoxy groups -OCH3 is 1. The molecule has 138 valence electrons. The molecule has 0 aliphatic heterocycles. The zero-order chi connectivity index (χ0) is 18.4. The number of nitrogens with zero attached hydrogens (tertiary/aromatic N) is 1. The molecule has 1 fully saturated rings. The number of ether oxygens (including phenoxy) is 2. The Morgan fingerprint density at radius 3 is 2.46 bits per heavy atom. The van der Waals surface area contributed by atoms with Crippen LogP contribution in [0.4, 0.5) is 5.69 Å². The van der Waals surface area contributed by atoms with Crippen LogP contribution < -0.4 is 14.8 Å². The Balaban J connectivity index is 1.52. The number of anilines is 1. The fourth-order valence-electron chi connectivity index (χ4n) is 3.31. The number of carbonyl (C=O) groups is 1. The average molecular weight is 354 g/mol. The van der Waals surface area contributed by atoms with Crippen LogP contribution >= 0.6 is 0 Å². The van der Waals surface area contributed by atoms with Crippen LogP contribution in [0, 0.1) is 0 Å². The maximum absolute atomic E-state index is 12.2. The summed E-state index contributed by atoms with van der Waals surface area (Å²) in [5.41, 5.74) is 0.771. The SMILES string of the molecule is COc1cccc(Oc2ccc(NC(=O)CN(C)C3CCCC3)cc2)c1. The summed E-state index contributed by atoms with van der Waals surface area (Å²) >= 11 is 0. The van der Waals surface area contributed by atoms with E-state index in [1.807, 2.05) is 55.6 Å². The van der Waals surface area contributed by atoms with E-state index in [0.717, 1.165) is 11.4 Å². The van der Waals surface area contributed by atoms with Gasteiger partial charge in [0.05, 0.1) is 13.7 Å². The molecule has 0 spiro atoms. The van der Waals surface area contributed by atoms with Crippen molar-refractivity contribution < 1.29 is 14.3 Å². The van der Waals surface area contributed by atoms with Crippen molar-refractivity contribution in [2.24, 2.45) is 0 Å². The number of likely N-dealkylation sites (N-methyl/N-ethyl adjacent to an activating group) is 1. The molecule has 26 heavy (non-hydrogen) atoms. The Bertz CT molecular complexity index is 724. The summed E-state index contributed by atoms with van der Waals surface area (Å²) in [7, 11) is 3.65. The van der Waals surface area contributed by atoms with Gasteiger partial charge in [-0.05, 0) is 56.3 Å². The smallest absolute Gasteiger partial charge is 0.238 e. The van der Waals surface area contributed by atoms with Crippen molar-refractivity contribution in [1.82, 2.24) is 4.90 Å². The number of benzene rings is 2. The summed E-state index contributed by atoms with van der Waals surface area (Å²) in [6, 6.07) is 15.4. The molecule has 5 heteroatoms. The fourth-order valence-corrected chi connectivity index (χ4v) is 3.31. The molecule has 2 aromatic rings. The minimum absolute atomic E-state index is 0.0147. The second-order valence-electron chi connectivity index (χ2n) is 6.71. The van der Waals surface area contributed by atoms with Gasteiger partial charge in [-0.3, -0.25) is 9.69 Å². The maximum atomic E-state index is 12.2. The third-order valence-electron chi connectivity index (χ3n) is 4.76. The van der Waals surface area contributed by atoms with E-state index < -0.39 is 0 Å². The van der Waals surface area contributed by atoms with Crippen molar-refractivity contribution in [1.29, 1.82) is 0 Å². The highest BCUT2D eigenvalue weighted by Gasteiger charge is 2.21. The normalized spacial score (nSPS) is 14.4. The van der Waals surface area contributed by atoms with Gasteiger partial charge in [-0.15, -0.1) is 0 Å². The van der Waals surface area contributed by atoms with E-state index >= 15 is 0 Å². The van der Waals surface area contributed by atoms with Crippen LogP contribution in [0.3, 0.4) is 0 Å².